The van der Waals surface area contributed by atoms with Crippen LogP contribution in [0.1, 0.15) is 64.4 Å². The predicted molar refractivity (Wildman–Crippen MR) is 159 cm³/mol. The van der Waals surface area contributed by atoms with Gasteiger partial charge in [0.2, 0.25) is 11.8 Å². The van der Waals surface area contributed by atoms with E-state index in [4.69, 9.17) is 4.98 Å². The van der Waals surface area contributed by atoms with Crippen LogP contribution in [0.5, 0.6) is 0 Å². The van der Waals surface area contributed by atoms with Crippen molar-refractivity contribution in [3.05, 3.63) is 72.4 Å². The molecule has 1 saturated carbocycles. The molecule has 8 heteroatoms. The lowest BCUT2D eigenvalue weighted by molar-refractivity contribution is -0.130. The van der Waals surface area contributed by atoms with Crippen LogP contribution in [0.15, 0.2) is 66.9 Å². The van der Waals surface area contributed by atoms with Crippen molar-refractivity contribution in [3.63, 3.8) is 0 Å². The van der Waals surface area contributed by atoms with Crippen LogP contribution >= 0.6 is 0 Å². The molecule has 5 rings (SSSR count). The first-order valence-electron chi connectivity index (χ1n) is 14.5. The average molecular weight is 555 g/mol. The molecular formula is C33H38N4O4. The summed E-state index contributed by atoms with van der Waals surface area (Å²) in [6.45, 7) is 4.52. The van der Waals surface area contributed by atoms with E-state index in [0.717, 1.165) is 66.6 Å². The molecule has 3 amide bonds. The Morgan fingerprint density at radius 3 is 2.34 bits per heavy atom. The van der Waals surface area contributed by atoms with Gasteiger partial charge in [-0.05, 0) is 69.1 Å². The molecule has 1 aliphatic carbocycles. The minimum absolute atomic E-state index is 0.0169. The molecular weight excluding hydrogens is 516 g/mol. The number of anilines is 1. The largest absolute Gasteiger partial charge is 0.465 e. The standard InChI is InChI=1S/C33H38N4O4/c1-33(2,36-32(40)41)25-14-12-24(13-15-25)31-28(23-7-4-3-5-8-23)20-26(21-34-31)35-29(38)19-22-10-16-27(17-11-22)37-18-6-9-30(37)39/h3-5,7-8,12-15,20-22,27,36H,6,9-11,16-19H2,1-2H3,(H,35,38)(H,40,41). The molecule has 0 unspecified atom stereocenters. The maximum atomic E-state index is 13.0. The van der Waals surface area contributed by atoms with E-state index in [1.807, 2.05) is 74.5 Å². The minimum atomic E-state index is -1.07. The Kier molecular flexibility index (Phi) is 8.38. The summed E-state index contributed by atoms with van der Waals surface area (Å²) in [7, 11) is 0. The van der Waals surface area contributed by atoms with Crippen molar-refractivity contribution in [1.29, 1.82) is 0 Å². The number of aromatic nitrogens is 1. The van der Waals surface area contributed by atoms with Crippen molar-refractivity contribution < 1.29 is 19.5 Å². The van der Waals surface area contributed by atoms with E-state index in [1.165, 1.54) is 0 Å². The SMILES string of the molecule is CC(C)(NC(=O)O)c1ccc(-c2ncc(NC(=O)CC3CCC(N4CCCC4=O)CC3)cc2-c2ccccc2)cc1. The van der Waals surface area contributed by atoms with Gasteiger partial charge >= 0.3 is 6.09 Å². The van der Waals surface area contributed by atoms with Gasteiger partial charge in [-0.2, -0.15) is 0 Å². The third-order valence-electron chi connectivity index (χ3n) is 8.40. The van der Waals surface area contributed by atoms with Crippen molar-refractivity contribution in [3.8, 4) is 22.4 Å². The Balaban J connectivity index is 1.29. The van der Waals surface area contributed by atoms with Crippen LogP contribution in [0.3, 0.4) is 0 Å². The summed E-state index contributed by atoms with van der Waals surface area (Å²) in [4.78, 5) is 43.2. The highest BCUT2D eigenvalue weighted by Crippen LogP contribution is 2.35. The Labute approximate surface area is 241 Å². The first-order valence-corrected chi connectivity index (χ1v) is 14.5. The van der Waals surface area contributed by atoms with Gasteiger partial charge in [-0.3, -0.25) is 14.6 Å². The molecule has 0 atom stereocenters. The zero-order chi connectivity index (χ0) is 29.0. The molecule has 0 spiro atoms. The Morgan fingerprint density at radius 2 is 1.71 bits per heavy atom. The van der Waals surface area contributed by atoms with E-state index in [2.05, 4.69) is 15.5 Å². The first-order chi connectivity index (χ1) is 19.7. The molecule has 3 aromatic rings. The Hall–Kier alpha value is -4.20. The third kappa shape index (κ3) is 6.76. The molecule has 2 aliphatic rings. The Bertz CT molecular complexity index is 1400. The second kappa shape index (κ2) is 12.1. The van der Waals surface area contributed by atoms with Crippen LogP contribution in [0.4, 0.5) is 10.5 Å². The van der Waals surface area contributed by atoms with Gasteiger partial charge in [-0.1, -0.05) is 54.6 Å². The quantitative estimate of drug-likeness (QED) is 0.297. The maximum Gasteiger partial charge on any atom is 0.405 e. The van der Waals surface area contributed by atoms with E-state index in [1.54, 1.807) is 6.20 Å². The molecule has 2 fully saturated rings. The van der Waals surface area contributed by atoms with Crippen LogP contribution in [0.2, 0.25) is 0 Å². The van der Waals surface area contributed by atoms with Gasteiger partial charge in [0, 0.05) is 36.6 Å². The van der Waals surface area contributed by atoms with Crippen molar-refractivity contribution in [2.45, 2.75) is 70.4 Å². The fourth-order valence-electron chi connectivity index (χ4n) is 6.18. The number of nitrogens with zero attached hydrogens (tertiary/aromatic N) is 2. The highest BCUT2D eigenvalue weighted by atomic mass is 16.4. The van der Waals surface area contributed by atoms with Crippen LogP contribution in [0, 0.1) is 5.92 Å². The molecule has 0 bridgehead atoms. The molecule has 214 valence electrons. The van der Waals surface area contributed by atoms with E-state index in [0.29, 0.717) is 30.5 Å². The lowest BCUT2D eigenvalue weighted by Crippen LogP contribution is -2.39. The van der Waals surface area contributed by atoms with Crippen molar-refractivity contribution in [2.75, 3.05) is 11.9 Å². The maximum absolute atomic E-state index is 13.0. The fourth-order valence-corrected chi connectivity index (χ4v) is 6.18. The van der Waals surface area contributed by atoms with Crippen molar-refractivity contribution in [1.82, 2.24) is 15.2 Å². The van der Waals surface area contributed by atoms with Gasteiger partial charge in [0.25, 0.3) is 0 Å². The van der Waals surface area contributed by atoms with Crippen molar-refractivity contribution in [2.24, 2.45) is 5.92 Å². The zero-order valence-corrected chi connectivity index (χ0v) is 23.7. The monoisotopic (exact) mass is 554 g/mol. The zero-order valence-electron chi connectivity index (χ0n) is 23.7. The molecule has 2 heterocycles. The lowest BCUT2D eigenvalue weighted by Gasteiger charge is -2.34. The molecule has 1 saturated heterocycles. The van der Waals surface area contributed by atoms with Crippen LogP contribution in [-0.2, 0) is 15.1 Å². The molecule has 0 radical (unpaired) electrons. The summed E-state index contributed by atoms with van der Waals surface area (Å²) in [5.74, 6) is 0.589. The molecule has 1 aliphatic heterocycles. The van der Waals surface area contributed by atoms with E-state index in [9.17, 15) is 19.5 Å². The molecule has 8 nitrogen and oxygen atoms in total. The Morgan fingerprint density at radius 1 is 1.00 bits per heavy atom. The number of carbonyl (C=O) groups is 3. The third-order valence-corrected chi connectivity index (χ3v) is 8.40. The summed E-state index contributed by atoms with van der Waals surface area (Å²) >= 11 is 0. The van der Waals surface area contributed by atoms with Gasteiger partial charge < -0.3 is 20.6 Å². The summed E-state index contributed by atoms with van der Waals surface area (Å²) < 4.78 is 0. The lowest BCUT2D eigenvalue weighted by atomic mass is 9.83. The molecule has 2 aromatic carbocycles. The number of pyridine rings is 1. The predicted octanol–water partition coefficient (Wildman–Crippen LogP) is 6.43. The highest BCUT2D eigenvalue weighted by molar-refractivity contribution is 5.93. The van der Waals surface area contributed by atoms with E-state index < -0.39 is 11.6 Å². The average Bonchev–Trinajstić information content (AvgIpc) is 3.39. The second-order valence-electron chi connectivity index (χ2n) is 11.7. The molecule has 1 aromatic heterocycles. The number of rotatable bonds is 8. The van der Waals surface area contributed by atoms with E-state index in [-0.39, 0.29) is 11.8 Å². The summed E-state index contributed by atoms with van der Waals surface area (Å²) in [6.07, 6.45) is 6.59. The number of carbonyl (C=O) groups excluding carboxylic acids is 2. The van der Waals surface area contributed by atoms with Crippen LogP contribution in [0.25, 0.3) is 22.4 Å². The highest BCUT2D eigenvalue weighted by Gasteiger charge is 2.32. The van der Waals surface area contributed by atoms with Gasteiger partial charge in [-0.25, -0.2) is 4.79 Å². The summed E-state index contributed by atoms with van der Waals surface area (Å²) in [5.41, 5.74) is 4.31. The van der Waals surface area contributed by atoms with Gasteiger partial charge in [0.1, 0.15) is 0 Å². The van der Waals surface area contributed by atoms with Gasteiger partial charge in [0.15, 0.2) is 0 Å². The van der Waals surface area contributed by atoms with Gasteiger partial charge in [-0.15, -0.1) is 0 Å². The number of benzene rings is 2. The van der Waals surface area contributed by atoms with Crippen molar-refractivity contribution >= 4 is 23.6 Å². The first kappa shape index (κ1) is 28.3. The number of carboxylic acid groups (broad SMARTS) is 1. The van der Waals surface area contributed by atoms with Gasteiger partial charge in [0.05, 0.1) is 23.1 Å². The summed E-state index contributed by atoms with van der Waals surface area (Å²) in [5, 5.41) is 14.8. The van der Waals surface area contributed by atoms with Crippen LogP contribution < -0.4 is 10.6 Å². The smallest absolute Gasteiger partial charge is 0.405 e. The number of nitrogens with one attached hydrogen (secondary N) is 2. The topological polar surface area (TPSA) is 112 Å². The van der Waals surface area contributed by atoms with E-state index >= 15 is 0 Å². The number of amides is 3. The minimum Gasteiger partial charge on any atom is -0.465 e. The fraction of sp³-hybridized carbons (Fsp3) is 0.394. The number of hydrogen-bond acceptors (Lipinski definition) is 4. The van der Waals surface area contributed by atoms with Crippen LogP contribution in [-0.4, -0.2) is 45.5 Å². The summed E-state index contributed by atoms with van der Waals surface area (Å²) in [6, 6.07) is 19.9. The second-order valence-corrected chi connectivity index (χ2v) is 11.7. The molecule has 3 N–H and O–H groups in total. The number of hydrogen-bond donors (Lipinski definition) is 3. The molecule has 41 heavy (non-hydrogen) atoms. The normalized spacial score (nSPS) is 19.2. The number of likely N-dealkylation sites (tertiary alicyclic amines) is 1.